The van der Waals surface area contributed by atoms with Crippen molar-refractivity contribution in [2.45, 2.75) is 39.7 Å². The summed E-state index contributed by atoms with van der Waals surface area (Å²) in [6.07, 6.45) is 5.79. The summed E-state index contributed by atoms with van der Waals surface area (Å²) in [5, 5.41) is 3.88. The average molecular weight is 416 g/mol. The van der Waals surface area contributed by atoms with Crippen LogP contribution in [0.3, 0.4) is 0 Å². The summed E-state index contributed by atoms with van der Waals surface area (Å²) < 4.78 is 27.3. The van der Waals surface area contributed by atoms with Crippen molar-refractivity contribution in [2.24, 2.45) is 0 Å². The first kappa shape index (κ1) is 20.8. The fraction of sp³-hybridized carbons (Fsp3) is 0.350. The zero-order chi connectivity index (χ0) is 21.0. The SMILES string of the molecule is CCCCCn1c(=O)ccc2cnc(Nc3ccc(C)c(NS(C)(=O)=O)c3)nc21. The van der Waals surface area contributed by atoms with E-state index in [0.29, 0.717) is 29.5 Å². The van der Waals surface area contributed by atoms with Crippen molar-refractivity contribution in [1.82, 2.24) is 14.5 Å². The molecule has 29 heavy (non-hydrogen) atoms. The molecule has 9 heteroatoms. The Morgan fingerprint density at radius 2 is 1.93 bits per heavy atom. The molecular formula is C20H25N5O3S. The second kappa shape index (κ2) is 8.60. The number of aryl methyl sites for hydroxylation is 2. The van der Waals surface area contributed by atoms with Gasteiger partial charge in [0, 0.05) is 29.9 Å². The largest absolute Gasteiger partial charge is 0.324 e. The predicted octanol–water partition coefficient (Wildman–Crippen LogP) is 3.41. The molecule has 0 saturated heterocycles. The van der Waals surface area contributed by atoms with Gasteiger partial charge >= 0.3 is 0 Å². The molecular weight excluding hydrogens is 390 g/mol. The van der Waals surface area contributed by atoms with Gasteiger partial charge in [-0.2, -0.15) is 4.98 Å². The smallest absolute Gasteiger partial charge is 0.252 e. The molecule has 0 aliphatic rings. The van der Waals surface area contributed by atoms with E-state index in [-0.39, 0.29) is 5.56 Å². The summed E-state index contributed by atoms with van der Waals surface area (Å²) in [5.74, 6) is 0.335. The molecule has 0 saturated carbocycles. The summed E-state index contributed by atoms with van der Waals surface area (Å²) in [6.45, 7) is 4.54. The number of sulfonamides is 1. The van der Waals surface area contributed by atoms with Crippen molar-refractivity contribution < 1.29 is 8.42 Å². The fourth-order valence-electron chi connectivity index (χ4n) is 3.01. The van der Waals surface area contributed by atoms with Crippen molar-refractivity contribution in [1.29, 1.82) is 0 Å². The van der Waals surface area contributed by atoms with Crippen molar-refractivity contribution in [3.8, 4) is 0 Å². The molecule has 0 spiro atoms. The summed E-state index contributed by atoms with van der Waals surface area (Å²) in [6, 6.07) is 8.56. The van der Waals surface area contributed by atoms with Gasteiger partial charge in [0.15, 0.2) is 0 Å². The number of fused-ring (bicyclic) bond motifs is 1. The molecule has 154 valence electrons. The first-order valence-electron chi connectivity index (χ1n) is 9.49. The molecule has 2 aromatic heterocycles. The van der Waals surface area contributed by atoms with Gasteiger partial charge in [-0.05, 0) is 37.1 Å². The quantitative estimate of drug-likeness (QED) is 0.546. The molecule has 2 heterocycles. The minimum Gasteiger partial charge on any atom is -0.324 e. The number of hydrogen-bond acceptors (Lipinski definition) is 6. The second-order valence-corrected chi connectivity index (χ2v) is 8.78. The van der Waals surface area contributed by atoms with Gasteiger partial charge in [0.1, 0.15) is 5.65 Å². The summed E-state index contributed by atoms with van der Waals surface area (Å²) >= 11 is 0. The Morgan fingerprint density at radius 3 is 2.66 bits per heavy atom. The van der Waals surface area contributed by atoms with Crippen LogP contribution in [0.15, 0.2) is 41.3 Å². The van der Waals surface area contributed by atoms with Gasteiger partial charge in [-0.3, -0.25) is 14.1 Å². The molecule has 0 aliphatic carbocycles. The lowest BCUT2D eigenvalue weighted by molar-refractivity contribution is 0.599. The van der Waals surface area contributed by atoms with Crippen LogP contribution in [0.1, 0.15) is 31.7 Å². The third-order valence-corrected chi connectivity index (χ3v) is 5.09. The maximum atomic E-state index is 12.3. The van der Waals surface area contributed by atoms with E-state index in [9.17, 15) is 13.2 Å². The lowest BCUT2D eigenvalue weighted by Crippen LogP contribution is -2.20. The predicted molar refractivity (Wildman–Crippen MR) is 116 cm³/mol. The van der Waals surface area contributed by atoms with Gasteiger partial charge in [-0.1, -0.05) is 25.8 Å². The van der Waals surface area contributed by atoms with Gasteiger partial charge < -0.3 is 5.32 Å². The Kier molecular flexibility index (Phi) is 6.17. The van der Waals surface area contributed by atoms with Gasteiger partial charge in [-0.15, -0.1) is 0 Å². The highest BCUT2D eigenvalue weighted by atomic mass is 32.2. The maximum Gasteiger partial charge on any atom is 0.252 e. The third-order valence-electron chi connectivity index (χ3n) is 4.50. The Balaban J connectivity index is 1.94. The van der Waals surface area contributed by atoms with Gasteiger partial charge in [-0.25, -0.2) is 13.4 Å². The van der Waals surface area contributed by atoms with Crippen LogP contribution < -0.4 is 15.6 Å². The van der Waals surface area contributed by atoms with Crippen LogP contribution >= 0.6 is 0 Å². The third kappa shape index (κ3) is 5.32. The molecule has 0 fully saturated rings. The first-order valence-corrected chi connectivity index (χ1v) is 11.4. The van der Waals surface area contributed by atoms with E-state index >= 15 is 0 Å². The van der Waals surface area contributed by atoms with Crippen LogP contribution in [0.4, 0.5) is 17.3 Å². The number of nitrogens with one attached hydrogen (secondary N) is 2. The summed E-state index contributed by atoms with van der Waals surface area (Å²) in [7, 11) is -3.39. The highest BCUT2D eigenvalue weighted by molar-refractivity contribution is 7.92. The normalized spacial score (nSPS) is 11.6. The van der Waals surface area contributed by atoms with Crippen molar-refractivity contribution >= 4 is 38.4 Å². The molecule has 0 unspecified atom stereocenters. The molecule has 3 aromatic rings. The van der Waals surface area contributed by atoms with Crippen molar-refractivity contribution in [2.75, 3.05) is 16.3 Å². The minimum atomic E-state index is -3.39. The molecule has 1 aromatic carbocycles. The minimum absolute atomic E-state index is 0.0896. The first-order chi connectivity index (χ1) is 13.8. The standard InChI is InChI=1S/C20H25N5O3S/c1-4-5-6-11-25-18(26)10-8-15-13-21-20(23-19(15)25)22-16-9-7-14(2)17(12-16)24-29(3,27)28/h7-10,12-13,24H,4-6,11H2,1-3H3,(H,21,22,23). The van der Waals surface area contributed by atoms with Crippen LogP contribution in [-0.2, 0) is 16.6 Å². The molecule has 2 N–H and O–H groups in total. The summed E-state index contributed by atoms with van der Waals surface area (Å²) in [5.41, 5.74) is 2.40. The fourth-order valence-corrected chi connectivity index (χ4v) is 3.63. The topological polar surface area (TPSA) is 106 Å². The molecule has 0 amide bonds. The number of rotatable bonds is 8. The Labute approximate surface area is 170 Å². The van der Waals surface area contributed by atoms with E-state index in [1.165, 1.54) is 6.07 Å². The monoisotopic (exact) mass is 415 g/mol. The summed E-state index contributed by atoms with van der Waals surface area (Å²) in [4.78, 5) is 21.2. The second-order valence-electron chi connectivity index (χ2n) is 7.03. The molecule has 0 bridgehead atoms. The van der Waals surface area contributed by atoms with E-state index in [2.05, 4.69) is 26.9 Å². The lowest BCUT2D eigenvalue weighted by atomic mass is 10.2. The molecule has 0 radical (unpaired) electrons. The average Bonchev–Trinajstić information content (AvgIpc) is 2.65. The Bertz CT molecular complexity index is 1190. The van der Waals surface area contributed by atoms with Gasteiger partial charge in [0.2, 0.25) is 16.0 Å². The highest BCUT2D eigenvalue weighted by Gasteiger charge is 2.09. The van der Waals surface area contributed by atoms with E-state index in [1.807, 2.05) is 13.0 Å². The van der Waals surface area contributed by atoms with Crippen LogP contribution in [0, 0.1) is 6.92 Å². The number of anilines is 3. The highest BCUT2D eigenvalue weighted by Crippen LogP contribution is 2.23. The molecule has 0 atom stereocenters. The van der Waals surface area contributed by atoms with Crippen LogP contribution in [0.2, 0.25) is 0 Å². The van der Waals surface area contributed by atoms with Crippen LogP contribution in [0.5, 0.6) is 0 Å². The van der Waals surface area contributed by atoms with Gasteiger partial charge in [0.25, 0.3) is 5.56 Å². The number of unbranched alkanes of at least 4 members (excludes halogenated alkanes) is 2. The van der Waals surface area contributed by atoms with Gasteiger partial charge in [0.05, 0.1) is 11.9 Å². The number of hydrogen-bond donors (Lipinski definition) is 2. The van der Waals surface area contributed by atoms with E-state index < -0.39 is 10.0 Å². The zero-order valence-electron chi connectivity index (χ0n) is 16.8. The zero-order valence-corrected chi connectivity index (χ0v) is 17.6. The molecule has 3 rings (SSSR count). The lowest BCUT2D eigenvalue weighted by Gasteiger charge is -2.12. The number of aromatic nitrogens is 3. The van der Waals surface area contributed by atoms with Crippen LogP contribution in [-0.4, -0.2) is 29.2 Å². The maximum absolute atomic E-state index is 12.3. The Morgan fingerprint density at radius 1 is 1.14 bits per heavy atom. The number of benzene rings is 1. The van der Waals surface area contributed by atoms with Crippen LogP contribution in [0.25, 0.3) is 11.0 Å². The number of pyridine rings is 1. The van der Waals surface area contributed by atoms with E-state index in [4.69, 9.17) is 0 Å². The Hall–Kier alpha value is -2.94. The van der Waals surface area contributed by atoms with E-state index in [0.717, 1.165) is 36.5 Å². The molecule has 0 aliphatic heterocycles. The molecule has 8 nitrogen and oxygen atoms in total. The van der Waals surface area contributed by atoms with E-state index in [1.54, 1.807) is 29.0 Å². The van der Waals surface area contributed by atoms with Crippen molar-refractivity contribution in [3.63, 3.8) is 0 Å². The number of nitrogens with zero attached hydrogens (tertiary/aromatic N) is 3. The van der Waals surface area contributed by atoms with Crippen molar-refractivity contribution in [3.05, 3.63) is 52.4 Å².